The number of sulfonamides is 1. The zero-order valence-electron chi connectivity index (χ0n) is 28.0. The van der Waals surface area contributed by atoms with E-state index in [4.69, 9.17) is 9.47 Å². The van der Waals surface area contributed by atoms with Gasteiger partial charge < -0.3 is 30.2 Å². The van der Waals surface area contributed by atoms with E-state index in [2.05, 4.69) is 22.5 Å². The summed E-state index contributed by atoms with van der Waals surface area (Å²) in [5.41, 5.74) is -3.19. The summed E-state index contributed by atoms with van der Waals surface area (Å²) in [5.74, 6) is -3.72. The van der Waals surface area contributed by atoms with Crippen molar-refractivity contribution < 1.29 is 42.3 Å². The Hall–Kier alpha value is -4.80. The van der Waals surface area contributed by atoms with E-state index in [1.54, 1.807) is 39.0 Å². The van der Waals surface area contributed by atoms with E-state index in [1.807, 2.05) is 0 Å². The number of ketones is 1. The first-order chi connectivity index (χ1) is 23.4. The minimum Gasteiger partial charge on any atom is -0.454 e. The van der Waals surface area contributed by atoms with Crippen LogP contribution in [0.15, 0.2) is 47.5 Å². The van der Waals surface area contributed by atoms with Gasteiger partial charge in [-0.05, 0) is 75.6 Å². The predicted molar refractivity (Wildman–Crippen MR) is 176 cm³/mol. The predicted octanol–water partition coefficient (Wildman–Crippen LogP) is 3.70. The molecule has 1 saturated heterocycles. The first-order valence-electron chi connectivity index (χ1n) is 16.3. The third-order valence-electron chi connectivity index (χ3n) is 9.88. The molecular weight excluding hydrogens is 670 g/mol. The highest BCUT2D eigenvalue weighted by Crippen LogP contribution is 2.61. The van der Waals surface area contributed by atoms with Crippen LogP contribution in [0.2, 0.25) is 0 Å². The van der Waals surface area contributed by atoms with Gasteiger partial charge in [0.05, 0.1) is 4.92 Å². The van der Waals surface area contributed by atoms with E-state index in [-0.39, 0.29) is 57.7 Å². The van der Waals surface area contributed by atoms with Crippen molar-refractivity contribution in [1.82, 2.24) is 19.9 Å². The molecule has 0 bridgehead atoms. The summed E-state index contributed by atoms with van der Waals surface area (Å²) in [5, 5.41) is 29.5. The Morgan fingerprint density at radius 1 is 1.20 bits per heavy atom. The number of nitrogens with zero attached hydrogens (tertiary/aromatic N) is 2. The summed E-state index contributed by atoms with van der Waals surface area (Å²) in [7, 11) is -4.18. The fourth-order valence-corrected chi connectivity index (χ4v) is 8.90. The number of hydrogen-bond acceptors (Lipinski definition) is 10. The molecule has 264 valence electrons. The zero-order valence-corrected chi connectivity index (χ0v) is 28.8. The van der Waals surface area contributed by atoms with E-state index in [0.717, 1.165) is 18.1 Å². The molecule has 7 rings (SSSR count). The van der Waals surface area contributed by atoms with Crippen molar-refractivity contribution in [2.45, 2.75) is 81.4 Å². The number of hydrogen-bond donors (Lipinski definition) is 4. The molecule has 16 heteroatoms. The number of benzene rings is 2. The number of aryl methyl sites for hydroxylation is 1. The van der Waals surface area contributed by atoms with Crippen LogP contribution < -0.4 is 15.4 Å². The average Bonchev–Trinajstić information content (AvgIpc) is 3.31. The lowest BCUT2D eigenvalue weighted by Gasteiger charge is -2.34. The van der Waals surface area contributed by atoms with Crippen LogP contribution >= 0.6 is 0 Å². The number of nitrogens with one attached hydrogen (secondary N) is 3. The number of Topliss-reactive ketones (excluding diaryl/α,β-unsaturated/α-hetero) is 1. The number of H-pyrrole nitrogens is 1. The van der Waals surface area contributed by atoms with Gasteiger partial charge in [0.1, 0.15) is 27.6 Å². The summed E-state index contributed by atoms with van der Waals surface area (Å²) in [6, 6.07) is 9.60. The Labute approximate surface area is 287 Å². The van der Waals surface area contributed by atoms with Gasteiger partial charge in [-0.1, -0.05) is 31.2 Å². The lowest BCUT2D eigenvalue weighted by atomic mass is 9.82. The highest BCUT2D eigenvalue weighted by Gasteiger charge is 2.73. The van der Waals surface area contributed by atoms with Crippen molar-refractivity contribution >= 4 is 33.5 Å². The molecule has 4 N–H and O–H groups in total. The van der Waals surface area contributed by atoms with Crippen molar-refractivity contribution in [3.8, 4) is 5.75 Å². The normalized spacial score (nSPS) is 26.8. The molecule has 0 spiro atoms. The Bertz CT molecular complexity index is 2110. The minimum absolute atomic E-state index is 0.0292. The van der Waals surface area contributed by atoms with Crippen molar-refractivity contribution in [3.05, 3.63) is 86.1 Å². The smallest absolute Gasteiger partial charge is 0.407 e. The van der Waals surface area contributed by atoms with E-state index < -0.39 is 61.4 Å². The van der Waals surface area contributed by atoms with Crippen molar-refractivity contribution in [3.63, 3.8) is 0 Å². The molecule has 2 unspecified atom stereocenters. The second-order valence-corrected chi connectivity index (χ2v) is 16.4. The first-order valence-corrected chi connectivity index (χ1v) is 17.7. The molecule has 4 aliphatic rings. The summed E-state index contributed by atoms with van der Waals surface area (Å²) in [6.45, 7) is 8.81. The number of rotatable bonds is 7. The molecule has 5 atom stereocenters. The second-order valence-electron chi connectivity index (χ2n) is 14.5. The highest BCUT2D eigenvalue weighted by atomic mass is 32.2. The number of carbonyl (C=O) groups excluding carboxylic acids is 3. The van der Waals surface area contributed by atoms with Gasteiger partial charge in [-0.3, -0.25) is 19.7 Å². The number of aromatic nitrogens is 1. The maximum absolute atomic E-state index is 14.4. The number of aliphatic hydroxyl groups is 1. The van der Waals surface area contributed by atoms with Crippen molar-refractivity contribution in [2.24, 2.45) is 5.92 Å². The van der Waals surface area contributed by atoms with Gasteiger partial charge in [0.15, 0.2) is 0 Å². The van der Waals surface area contributed by atoms with Crippen LogP contribution in [-0.2, 0) is 26.1 Å². The lowest BCUT2D eigenvalue weighted by molar-refractivity contribution is -0.388. The quantitative estimate of drug-likeness (QED) is 0.207. The Morgan fingerprint density at radius 2 is 1.92 bits per heavy atom. The first kappa shape index (κ1) is 33.7. The fourth-order valence-electron chi connectivity index (χ4n) is 7.34. The molecule has 3 aromatic rings. The van der Waals surface area contributed by atoms with Gasteiger partial charge in [0, 0.05) is 36.3 Å². The van der Waals surface area contributed by atoms with Crippen LogP contribution in [0.1, 0.15) is 89.6 Å². The Kier molecular flexibility index (Phi) is 7.48. The zero-order chi connectivity index (χ0) is 36.1. The molecule has 2 amide bonds. The maximum atomic E-state index is 14.4. The van der Waals surface area contributed by atoms with Gasteiger partial charge >= 0.3 is 6.09 Å². The molecular formula is C34H37N5O10S. The number of nitro groups is 1. The largest absolute Gasteiger partial charge is 0.454 e. The average molecular weight is 708 g/mol. The third-order valence-corrected chi connectivity index (χ3v) is 11.7. The molecule has 2 fully saturated rings. The molecule has 2 aliphatic carbocycles. The Balaban J connectivity index is 1.21. The second kappa shape index (κ2) is 11.1. The number of fused-ring (bicyclic) bond motifs is 5. The molecule has 1 aromatic heterocycles. The molecule has 2 aliphatic heterocycles. The molecule has 1 saturated carbocycles. The van der Waals surface area contributed by atoms with Gasteiger partial charge in [0.2, 0.25) is 11.3 Å². The molecule has 15 nitrogen and oxygen atoms in total. The monoisotopic (exact) mass is 707 g/mol. The number of carbonyl (C=O) groups is 3. The number of amides is 2. The van der Waals surface area contributed by atoms with Crippen LogP contribution in [0.3, 0.4) is 0 Å². The number of ether oxygens (including phenoxy) is 2. The molecule has 3 heterocycles. The topological polar surface area (TPSA) is 210 Å². The van der Waals surface area contributed by atoms with E-state index in [1.165, 1.54) is 29.4 Å². The lowest BCUT2D eigenvalue weighted by Crippen LogP contribution is -2.60. The number of alkyl carbamates (subject to hydrolysis) is 1. The van der Waals surface area contributed by atoms with Crippen LogP contribution in [0, 0.1) is 23.0 Å². The van der Waals surface area contributed by atoms with Gasteiger partial charge in [0.25, 0.3) is 27.4 Å². The molecule has 50 heavy (non-hydrogen) atoms. The summed E-state index contributed by atoms with van der Waals surface area (Å²) in [4.78, 5) is 54.8. The number of aromatic amines is 1. The summed E-state index contributed by atoms with van der Waals surface area (Å²) >= 11 is 0. The van der Waals surface area contributed by atoms with Crippen LogP contribution in [0.25, 0.3) is 0 Å². The van der Waals surface area contributed by atoms with Gasteiger partial charge in [-0.25, -0.2) is 13.2 Å². The maximum Gasteiger partial charge on any atom is 0.407 e. The van der Waals surface area contributed by atoms with Crippen LogP contribution in [-0.4, -0.2) is 70.3 Å². The van der Waals surface area contributed by atoms with Crippen LogP contribution in [0.4, 0.5) is 10.5 Å². The molecule has 0 radical (unpaired) electrons. The SMILES string of the molecule is Cc1cc(S(=O)(=O)N2CC[C@H](NC(=O)OC(C)(C)C)C2)[nH]c1C(=O)NC12C(=O)c3cccc([N+](=O)[O-])c3C1(O)Oc1cc([C@H]3C[C@@H]3C)ccc12. The van der Waals surface area contributed by atoms with E-state index >= 15 is 0 Å². The van der Waals surface area contributed by atoms with Gasteiger partial charge in [-0.15, -0.1) is 0 Å². The van der Waals surface area contributed by atoms with Gasteiger partial charge in [-0.2, -0.15) is 4.31 Å². The fraction of sp³-hybridized carbons (Fsp3) is 0.441. The third kappa shape index (κ3) is 5.07. The number of nitro benzene ring substituents is 1. The van der Waals surface area contributed by atoms with Crippen LogP contribution in [0.5, 0.6) is 5.75 Å². The van der Waals surface area contributed by atoms with Crippen molar-refractivity contribution in [1.29, 1.82) is 0 Å². The van der Waals surface area contributed by atoms with E-state index in [0.29, 0.717) is 12.3 Å². The minimum atomic E-state index is -4.18. The summed E-state index contributed by atoms with van der Waals surface area (Å²) < 4.78 is 39.9. The molecule has 2 aromatic carbocycles. The summed E-state index contributed by atoms with van der Waals surface area (Å²) in [6.07, 6.45) is 0.608. The highest BCUT2D eigenvalue weighted by molar-refractivity contribution is 7.89. The van der Waals surface area contributed by atoms with E-state index in [9.17, 15) is 38.0 Å². The Morgan fingerprint density at radius 3 is 2.58 bits per heavy atom. The van der Waals surface area contributed by atoms with Crippen molar-refractivity contribution in [2.75, 3.05) is 13.1 Å². The standard InChI is InChI=1S/C34H37N5O10S/c1-17-13-22(17)19-9-10-23-25(15-19)48-34(43)27-21(7-6-8-24(27)39(44)45)29(40)33(23,34)37-30(41)28-18(2)14-26(36-28)50(46,47)38-12-11-20(16-38)35-31(42)49-32(3,4)5/h6-10,14-15,17,20,22,36,43H,11-13,16H2,1-5H3,(H,35,42)(H,37,41)/t17-,20-,22-,33?,34?/m0/s1.